The normalized spacial score (nSPS) is 15.3. The topological polar surface area (TPSA) is 79.1 Å². The first-order valence-electron chi connectivity index (χ1n) is 12.2. The molecule has 2 heterocycles. The number of hydrogen-bond acceptors (Lipinski definition) is 7. The number of carbonyl (C=O) groups is 1. The molecule has 4 rings (SSSR count). The van der Waals surface area contributed by atoms with E-state index < -0.39 is 12.0 Å². The Bertz CT molecular complexity index is 1500. The number of halogens is 1. The maximum atomic E-state index is 13.9. The van der Waals surface area contributed by atoms with Crippen LogP contribution < -0.4 is 24.4 Å². The summed E-state index contributed by atoms with van der Waals surface area (Å²) in [6.07, 6.45) is 3.19. The molecule has 0 N–H and O–H groups in total. The van der Waals surface area contributed by atoms with Crippen LogP contribution in [-0.2, 0) is 9.53 Å². The molecule has 3 aromatic rings. The van der Waals surface area contributed by atoms with Gasteiger partial charge < -0.3 is 14.2 Å². The van der Waals surface area contributed by atoms with Gasteiger partial charge in [0.05, 0.1) is 36.1 Å². The Labute approximate surface area is 227 Å². The highest BCUT2D eigenvalue weighted by atomic mass is 79.9. The zero-order valence-corrected chi connectivity index (χ0v) is 23.6. The number of nitrogens with zero attached hydrogens (tertiary/aromatic N) is 2. The van der Waals surface area contributed by atoms with Gasteiger partial charge in [0.25, 0.3) is 5.56 Å². The lowest BCUT2D eigenvalue weighted by molar-refractivity contribution is -0.139. The Morgan fingerprint density at radius 2 is 1.89 bits per heavy atom. The van der Waals surface area contributed by atoms with Gasteiger partial charge in [-0.3, -0.25) is 9.36 Å². The summed E-state index contributed by atoms with van der Waals surface area (Å²) >= 11 is 4.84. The van der Waals surface area contributed by atoms with Crippen LogP contribution in [0.1, 0.15) is 50.8 Å². The molecule has 0 radical (unpaired) electrons. The van der Waals surface area contributed by atoms with Crippen molar-refractivity contribution in [1.82, 2.24) is 4.57 Å². The molecule has 2 aromatic carbocycles. The van der Waals surface area contributed by atoms with E-state index in [0.717, 1.165) is 22.2 Å². The minimum absolute atomic E-state index is 0.215. The smallest absolute Gasteiger partial charge is 0.338 e. The second-order valence-electron chi connectivity index (χ2n) is 8.30. The van der Waals surface area contributed by atoms with Crippen molar-refractivity contribution < 1.29 is 19.0 Å². The monoisotopic (exact) mass is 584 g/mol. The summed E-state index contributed by atoms with van der Waals surface area (Å²) in [5.74, 6) is 0.850. The molecule has 0 spiro atoms. The number of methoxy groups -OCH3 is 1. The Morgan fingerprint density at radius 3 is 2.54 bits per heavy atom. The van der Waals surface area contributed by atoms with Crippen molar-refractivity contribution in [2.24, 2.45) is 4.99 Å². The van der Waals surface area contributed by atoms with Gasteiger partial charge in [0.2, 0.25) is 0 Å². The molecular weight excluding hydrogens is 556 g/mol. The molecule has 0 fully saturated rings. The van der Waals surface area contributed by atoms with Crippen molar-refractivity contribution in [3.63, 3.8) is 0 Å². The standard InChI is InChI=1S/C28H29BrN2O5S/c1-5-8-21-24(27(33)36-7-3)25(20-16-18(29)11-14-22(20)34-4)31-26(32)23(37-28(31)30-21)15-17-9-12-19(13-10-17)35-6-2/h9-16,25H,5-8H2,1-4H3/b23-15+/t25-/m1/s1. The van der Waals surface area contributed by atoms with Gasteiger partial charge in [-0.15, -0.1) is 0 Å². The van der Waals surface area contributed by atoms with Crippen LogP contribution in [-0.4, -0.2) is 30.9 Å². The first-order valence-corrected chi connectivity index (χ1v) is 13.8. The highest BCUT2D eigenvalue weighted by Crippen LogP contribution is 2.38. The molecule has 0 bridgehead atoms. The molecule has 7 nitrogen and oxygen atoms in total. The van der Waals surface area contributed by atoms with E-state index >= 15 is 0 Å². The highest BCUT2D eigenvalue weighted by molar-refractivity contribution is 9.10. The molecule has 0 unspecified atom stereocenters. The maximum Gasteiger partial charge on any atom is 0.338 e. The predicted molar refractivity (Wildman–Crippen MR) is 148 cm³/mol. The van der Waals surface area contributed by atoms with Gasteiger partial charge in [0.15, 0.2) is 4.80 Å². The van der Waals surface area contributed by atoms with Gasteiger partial charge in [-0.1, -0.05) is 52.7 Å². The summed E-state index contributed by atoms with van der Waals surface area (Å²) in [5, 5.41) is 0. The first-order chi connectivity index (χ1) is 17.9. The van der Waals surface area contributed by atoms with Gasteiger partial charge in [-0.2, -0.15) is 0 Å². The van der Waals surface area contributed by atoms with Crippen LogP contribution in [0.4, 0.5) is 0 Å². The quantitative estimate of drug-likeness (QED) is 0.339. The average Bonchev–Trinajstić information content (AvgIpc) is 3.19. The number of aromatic nitrogens is 1. The fourth-order valence-corrected chi connectivity index (χ4v) is 5.71. The lowest BCUT2D eigenvalue weighted by atomic mass is 9.93. The molecule has 0 amide bonds. The Balaban J connectivity index is 1.98. The van der Waals surface area contributed by atoms with E-state index in [1.165, 1.54) is 11.3 Å². The lowest BCUT2D eigenvalue weighted by Gasteiger charge is -2.27. The molecule has 9 heteroatoms. The van der Waals surface area contributed by atoms with Crippen molar-refractivity contribution in [2.45, 2.75) is 39.7 Å². The summed E-state index contributed by atoms with van der Waals surface area (Å²) in [5.41, 5.74) is 2.30. The SMILES string of the molecule is CCCC1=C(C(=O)OCC)[C@@H](c2cc(Br)ccc2OC)n2c(s/c(=C/c3ccc(OCC)cc3)c2=O)=N1. The van der Waals surface area contributed by atoms with Crippen LogP contribution in [0, 0.1) is 0 Å². The number of rotatable bonds is 9. The molecule has 1 aliphatic rings. The zero-order valence-electron chi connectivity index (χ0n) is 21.2. The summed E-state index contributed by atoms with van der Waals surface area (Å²) in [6.45, 7) is 6.52. The fourth-order valence-electron chi connectivity index (χ4n) is 4.31. The van der Waals surface area contributed by atoms with Crippen LogP contribution in [0.5, 0.6) is 11.5 Å². The van der Waals surface area contributed by atoms with Gasteiger partial charge in [0.1, 0.15) is 17.5 Å². The van der Waals surface area contributed by atoms with Crippen molar-refractivity contribution in [2.75, 3.05) is 20.3 Å². The van der Waals surface area contributed by atoms with Crippen LogP contribution in [0.25, 0.3) is 6.08 Å². The van der Waals surface area contributed by atoms with Crippen LogP contribution in [0.15, 0.2) is 68.0 Å². The number of fused-ring (bicyclic) bond motifs is 1. The minimum Gasteiger partial charge on any atom is -0.496 e. The largest absolute Gasteiger partial charge is 0.496 e. The van der Waals surface area contributed by atoms with Crippen LogP contribution in [0.2, 0.25) is 0 Å². The van der Waals surface area contributed by atoms with Gasteiger partial charge in [0, 0.05) is 10.0 Å². The van der Waals surface area contributed by atoms with E-state index in [-0.39, 0.29) is 12.2 Å². The van der Waals surface area contributed by atoms with E-state index in [9.17, 15) is 9.59 Å². The number of ether oxygens (including phenoxy) is 3. The number of benzene rings is 2. The maximum absolute atomic E-state index is 13.9. The van der Waals surface area contributed by atoms with E-state index in [1.807, 2.05) is 62.4 Å². The fraction of sp³-hybridized carbons (Fsp3) is 0.321. The van der Waals surface area contributed by atoms with Crippen LogP contribution >= 0.6 is 27.3 Å². The molecule has 1 aliphatic heterocycles. The summed E-state index contributed by atoms with van der Waals surface area (Å²) in [4.78, 5) is 32.5. The Kier molecular flexibility index (Phi) is 8.66. The molecule has 37 heavy (non-hydrogen) atoms. The van der Waals surface area contributed by atoms with Gasteiger partial charge in [-0.25, -0.2) is 9.79 Å². The minimum atomic E-state index is -0.744. The van der Waals surface area contributed by atoms with Crippen molar-refractivity contribution in [1.29, 1.82) is 0 Å². The molecule has 1 aromatic heterocycles. The number of hydrogen-bond donors (Lipinski definition) is 0. The number of esters is 1. The highest BCUT2D eigenvalue weighted by Gasteiger charge is 2.36. The zero-order chi connectivity index (χ0) is 26.5. The Morgan fingerprint density at radius 1 is 1.14 bits per heavy atom. The molecule has 0 aliphatic carbocycles. The molecule has 0 saturated carbocycles. The third-order valence-electron chi connectivity index (χ3n) is 5.87. The Hall–Kier alpha value is -3.17. The van der Waals surface area contributed by atoms with Gasteiger partial charge in [-0.05, 0) is 62.2 Å². The number of allylic oxidation sites excluding steroid dienone is 1. The summed E-state index contributed by atoms with van der Waals surface area (Å²) in [7, 11) is 1.57. The van der Waals surface area contributed by atoms with E-state index in [4.69, 9.17) is 19.2 Å². The molecular formula is C28H29BrN2O5S. The van der Waals surface area contributed by atoms with Crippen molar-refractivity contribution in [3.8, 4) is 11.5 Å². The number of carbonyl (C=O) groups excluding carboxylic acids is 1. The third kappa shape index (κ3) is 5.57. The van der Waals surface area contributed by atoms with E-state index in [2.05, 4.69) is 15.9 Å². The molecule has 1 atom stereocenters. The molecule has 0 saturated heterocycles. The van der Waals surface area contributed by atoms with Gasteiger partial charge >= 0.3 is 5.97 Å². The van der Waals surface area contributed by atoms with Crippen LogP contribution in [0.3, 0.4) is 0 Å². The summed E-state index contributed by atoms with van der Waals surface area (Å²) < 4.78 is 19.6. The third-order valence-corrected chi connectivity index (χ3v) is 7.34. The van der Waals surface area contributed by atoms with E-state index in [0.29, 0.717) is 44.9 Å². The van der Waals surface area contributed by atoms with Crippen molar-refractivity contribution >= 4 is 39.3 Å². The van der Waals surface area contributed by atoms with E-state index in [1.54, 1.807) is 18.6 Å². The predicted octanol–water partition coefficient (Wildman–Crippen LogP) is 4.75. The molecule has 194 valence electrons. The first kappa shape index (κ1) is 26.9. The summed E-state index contributed by atoms with van der Waals surface area (Å²) in [6, 6.07) is 12.4. The average molecular weight is 586 g/mol. The lowest BCUT2D eigenvalue weighted by Crippen LogP contribution is -2.40. The second-order valence-corrected chi connectivity index (χ2v) is 10.2. The number of thiazole rings is 1. The van der Waals surface area contributed by atoms with Crippen molar-refractivity contribution in [3.05, 3.63) is 89.0 Å². The second kappa shape index (κ2) is 11.9.